The van der Waals surface area contributed by atoms with Crippen molar-refractivity contribution < 1.29 is 24.1 Å². The number of rotatable bonds is 6. The number of carbonyl (C=O) groups is 1. The van der Waals surface area contributed by atoms with Gasteiger partial charge in [0.05, 0.1) is 38.2 Å². The summed E-state index contributed by atoms with van der Waals surface area (Å²) in [5, 5.41) is 17.4. The van der Waals surface area contributed by atoms with Gasteiger partial charge in [0.1, 0.15) is 0 Å². The number of allylic oxidation sites excluding steroid dienone is 1. The number of anilines is 2. The molecule has 2 atom stereocenters. The molecule has 1 aliphatic heterocycles. The molecule has 7 nitrogen and oxygen atoms in total. The molecule has 1 heterocycles. The predicted octanol–water partition coefficient (Wildman–Crippen LogP) is 5.79. The van der Waals surface area contributed by atoms with E-state index in [2.05, 4.69) is 10.6 Å². The number of phenolic OH excluding ortho intramolecular Hbond substituents is 1. The summed E-state index contributed by atoms with van der Waals surface area (Å²) in [7, 11) is 3.22. The van der Waals surface area contributed by atoms with Crippen LogP contribution < -0.4 is 24.8 Å². The highest BCUT2D eigenvalue weighted by atomic mass is 16.5. The first-order valence-corrected chi connectivity index (χ1v) is 12.1. The Morgan fingerprint density at radius 2 is 1.61 bits per heavy atom. The molecule has 2 unspecified atom stereocenters. The van der Waals surface area contributed by atoms with Crippen LogP contribution in [0.2, 0.25) is 0 Å². The van der Waals surface area contributed by atoms with Crippen molar-refractivity contribution in [3.8, 4) is 23.0 Å². The molecule has 0 saturated heterocycles. The van der Waals surface area contributed by atoms with Gasteiger partial charge in [-0.1, -0.05) is 24.3 Å². The van der Waals surface area contributed by atoms with Crippen LogP contribution in [0.25, 0.3) is 0 Å². The summed E-state index contributed by atoms with van der Waals surface area (Å²) >= 11 is 0. The molecule has 3 aromatic carbocycles. The fourth-order valence-corrected chi connectivity index (χ4v) is 5.07. The number of methoxy groups -OCH3 is 2. The van der Waals surface area contributed by atoms with Crippen molar-refractivity contribution in [2.45, 2.75) is 31.7 Å². The number of carbonyl (C=O) groups excluding carboxylic acids is 1. The lowest BCUT2D eigenvalue weighted by Gasteiger charge is -2.30. The van der Waals surface area contributed by atoms with E-state index in [4.69, 9.17) is 14.2 Å². The number of benzene rings is 3. The third-order valence-electron chi connectivity index (χ3n) is 6.81. The number of ether oxygens (including phenoxy) is 3. The van der Waals surface area contributed by atoms with Crippen molar-refractivity contribution in [2.24, 2.45) is 0 Å². The molecule has 2 aliphatic rings. The van der Waals surface area contributed by atoms with Crippen molar-refractivity contribution in [1.29, 1.82) is 0 Å². The summed E-state index contributed by atoms with van der Waals surface area (Å²) in [6, 6.07) is 18.6. The molecule has 0 bridgehead atoms. The number of para-hydroxylation sites is 2. The molecule has 0 amide bonds. The van der Waals surface area contributed by atoms with Gasteiger partial charge in [0.15, 0.2) is 28.8 Å². The molecule has 36 heavy (non-hydrogen) atoms. The van der Waals surface area contributed by atoms with Crippen molar-refractivity contribution in [3.05, 3.63) is 83.1 Å². The molecule has 0 radical (unpaired) electrons. The SMILES string of the molecule is CCOc1cc(C2Nc3ccccc3NC3=C2C(=O)CC(c2ccc(OC)c(OC)c2)C3)ccc1O. The van der Waals surface area contributed by atoms with Crippen molar-refractivity contribution in [2.75, 3.05) is 31.5 Å². The first-order valence-electron chi connectivity index (χ1n) is 12.1. The van der Waals surface area contributed by atoms with Crippen LogP contribution in [0.3, 0.4) is 0 Å². The number of hydrogen-bond donors (Lipinski definition) is 3. The Hall–Kier alpha value is -4.13. The van der Waals surface area contributed by atoms with Crippen LogP contribution in [0.15, 0.2) is 71.9 Å². The number of ketones is 1. The van der Waals surface area contributed by atoms with Gasteiger partial charge < -0.3 is 30.0 Å². The van der Waals surface area contributed by atoms with Gasteiger partial charge in [0.25, 0.3) is 0 Å². The fraction of sp³-hybridized carbons (Fsp3) is 0.276. The highest BCUT2D eigenvalue weighted by Crippen LogP contribution is 2.46. The largest absolute Gasteiger partial charge is 0.504 e. The van der Waals surface area contributed by atoms with Gasteiger partial charge in [-0.15, -0.1) is 0 Å². The number of phenols is 1. The zero-order valence-corrected chi connectivity index (χ0v) is 20.6. The summed E-state index contributed by atoms with van der Waals surface area (Å²) in [5.74, 6) is 1.84. The van der Waals surface area contributed by atoms with Crippen molar-refractivity contribution in [1.82, 2.24) is 0 Å². The Balaban J connectivity index is 1.58. The smallest absolute Gasteiger partial charge is 0.163 e. The van der Waals surface area contributed by atoms with Crippen LogP contribution in [0.1, 0.15) is 42.9 Å². The molecular formula is C29H30N2O5. The van der Waals surface area contributed by atoms with Crippen molar-refractivity contribution >= 4 is 17.2 Å². The maximum atomic E-state index is 13.8. The average molecular weight is 487 g/mol. The monoisotopic (exact) mass is 486 g/mol. The number of hydrogen-bond acceptors (Lipinski definition) is 7. The zero-order valence-electron chi connectivity index (χ0n) is 20.6. The summed E-state index contributed by atoms with van der Waals surface area (Å²) in [4.78, 5) is 13.8. The lowest BCUT2D eigenvalue weighted by molar-refractivity contribution is -0.116. The Kier molecular flexibility index (Phi) is 6.46. The van der Waals surface area contributed by atoms with Crippen LogP contribution in [0.4, 0.5) is 11.4 Å². The molecular weight excluding hydrogens is 456 g/mol. The van der Waals surface area contributed by atoms with E-state index >= 15 is 0 Å². The molecule has 1 aliphatic carbocycles. The zero-order chi connectivity index (χ0) is 25.2. The first-order chi connectivity index (χ1) is 17.5. The molecule has 0 fully saturated rings. The van der Waals surface area contributed by atoms with Gasteiger partial charge in [-0.05, 0) is 66.8 Å². The molecule has 3 N–H and O–H groups in total. The van der Waals surface area contributed by atoms with Gasteiger partial charge in [-0.25, -0.2) is 0 Å². The second-order valence-corrected chi connectivity index (χ2v) is 8.94. The van der Waals surface area contributed by atoms with E-state index in [1.54, 1.807) is 20.3 Å². The number of nitrogens with one attached hydrogen (secondary N) is 2. The number of fused-ring (bicyclic) bond motifs is 1. The summed E-state index contributed by atoms with van der Waals surface area (Å²) < 4.78 is 16.5. The average Bonchev–Trinajstić information content (AvgIpc) is 3.06. The maximum absolute atomic E-state index is 13.8. The third kappa shape index (κ3) is 4.33. The molecule has 7 heteroatoms. The van der Waals surface area contributed by atoms with E-state index in [0.29, 0.717) is 42.3 Å². The quantitative estimate of drug-likeness (QED) is 0.406. The highest BCUT2D eigenvalue weighted by Gasteiger charge is 2.36. The maximum Gasteiger partial charge on any atom is 0.163 e. The Labute approximate surface area is 210 Å². The summed E-state index contributed by atoms with van der Waals surface area (Å²) in [6.07, 6.45) is 1.04. The van der Waals surface area contributed by atoms with Crippen LogP contribution in [0, 0.1) is 0 Å². The number of aromatic hydroxyl groups is 1. The van der Waals surface area contributed by atoms with Gasteiger partial charge in [0.2, 0.25) is 0 Å². The fourth-order valence-electron chi connectivity index (χ4n) is 5.07. The van der Waals surface area contributed by atoms with Gasteiger partial charge in [0, 0.05) is 17.7 Å². The Morgan fingerprint density at radius 3 is 2.36 bits per heavy atom. The first kappa shape index (κ1) is 23.6. The molecule has 0 saturated carbocycles. The van der Waals surface area contributed by atoms with E-state index in [1.165, 1.54) is 0 Å². The van der Waals surface area contributed by atoms with Crippen LogP contribution >= 0.6 is 0 Å². The molecule has 0 spiro atoms. The number of Topliss-reactive ketones (excluding diaryl/α,β-unsaturated/α-hetero) is 1. The Morgan fingerprint density at radius 1 is 0.889 bits per heavy atom. The van der Waals surface area contributed by atoms with E-state index < -0.39 is 6.04 Å². The molecule has 186 valence electrons. The van der Waals surface area contributed by atoms with E-state index in [-0.39, 0.29) is 17.5 Å². The lowest BCUT2D eigenvalue weighted by atomic mass is 9.78. The van der Waals surface area contributed by atoms with E-state index in [0.717, 1.165) is 28.2 Å². The second kappa shape index (κ2) is 9.85. The standard InChI is InChI=1S/C29H30N2O5/c1-4-36-26-16-18(9-11-23(26)32)29-28-22(30-20-7-5-6-8-21(20)31-29)13-19(14-24(28)33)17-10-12-25(34-2)27(15-17)35-3/h5-12,15-16,19,29-32H,4,13-14H2,1-3H3. The molecule has 3 aromatic rings. The third-order valence-corrected chi connectivity index (χ3v) is 6.81. The predicted molar refractivity (Wildman–Crippen MR) is 139 cm³/mol. The van der Waals surface area contributed by atoms with E-state index in [9.17, 15) is 9.90 Å². The lowest BCUT2D eigenvalue weighted by Crippen LogP contribution is -2.27. The van der Waals surface area contributed by atoms with Crippen molar-refractivity contribution in [3.63, 3.8) is 0 Å². The van der Waals surface area contributed by atoms with E-state index in [1.807, 2.05) is 61.5 Å². The minimum absolute atomic E-state index is 0.00623. The summed E-state index contributed by atoms with van der Waals surface area (Å²) in [5.41, 5.74) is 5.28. The minimum atomic E-state index is -0.394. The van der Waals surface area contributed by atoms with Crippen LogP contribution in [-0.4, -0.2) is 31.7 Å². The highest BCUT2D eigenvalue weighted by molar-refractivity contribution is 6.01. The van der Waals surface area contributed by atoms with Crippen LogP contribution in [-0.2, 0) is 4.79 Å². The van der Waals surface area contributed by atoms with Gasteiger partial charge >= 0.3 is 0 Å². The second-order valence-electron chi connectivity index (χ2n) is 8.94. The van der Waals surface area contributed by atoms with Gasteiger partial charge in [-0.3, -0.25) is 4.79 Å². The molecule has 5 rings (SSSR count). The Bertz CT molecular complexity index is 1330. The minimum Gasteiger partial charge on any atom is -0.504 e. The normalized spacial score (nSPS) is 18.8. The van der Waals surface area contributed by atoms with Crippen LogP contribution in [0.5, 0.6) is 23.0 Å². The molecule has 0 aromatic heterocycles. The van der Waals surface area contributed by atoms with Gasteiger partial charge in [-0.2, -0.15) is 0 Å². The topological polar surface area (TPSA) is 89.1 Å². The summed E-state index contributed by atoms with van der Waals surface area (Å²) in [6.45, 7) is 2.30.